The Bertz CT molecular complexity index is 549. The molecule has 6 nitrogen and oxygen atoms in total. The molecule has 1 unspecified atom stereocenters. The highest BCUT2D eigenvalue weighted by Crippen LogP contribution is 2.16. The minimum absolute atomic E-state index is 0.0759. The van der Waals surface area contributed by atoms with E-state index >= 15 is 0 Å². The Labute approximate surface area is 142 Å². The van der Waals surface area contributed by atoms with Gasteiger partial charge in [0.25, 0.3) is 5.91 Å². The normalized spacial score (nSPS) is 20.9. The minimum Gasteiger partial charge on any atom is -0.493 e. The van der Waals surface area contributed by atoms with Crippen LogP contribution in [0.2, 0.25) is 0 Å². The molecule has 2 aliphatic heterocycles. The van der Waals surface area contributed by atoms with Gasteiger partial charge in [-0.2, -0.15) is 0 Å². The van der Waals surface area contributed by atoms with Crippen molar-refractivity contribution in [2.45, 2.75) is 25.4 Å². The maximum Gasteiger partial charge on any atom is 0.251 e. The first-order valence-electron chi connectivity index (χ1n) is 8.60. The molecule has 0 aromatic heterocycles. The van der Waals surface area contributed by atoms with Crippen LogP contribution in [0, 0.1) is 0 Å². The highest BCUT2D eigenvalue weighted by Gasteiger charge is 2.31. The lowest BCUT2D eigenvalue weighted by Gasteiger charge is -2.35. The van der Waals surface area contributed by atoms with Crippen molar-refractivity contribution in [2.24, 2.45) is 0 Å². The monoisotopic (exact) mass is 332 g/mol. The number of rotatable bonds is 5. The van der Waals surface area contributed by atoms with Gasteiger partial charge in [0, 0.05) is 32.8 Å². The van der Waals surface area contributed by atoms with Gasteiger partial charge in [-0.05, 0) is 25.0 Å². The number of hydrogen-bond acceptors (Lipinski definition) is 4. The minimum atomic E-state index is -0.272. The van der Waals surface area contributed by atoms with Crippen LogP contribution < -0.4 is 4.74 Å². The lowest BCUT2D eigenvalue weighted by Crippen LogP contribution is -2.53. The summed E-state index contributed by atoms with van der Waals surface area (Å²) in [5.74, 6) is 0.930. The molecule has 24 heavy (non-hydrogen) atoms. The predicted molar refractivity (Wildman–Crippen MR) is 88.7 cm³/mol. The average molecular weight is 332 g/mol. The van der Waals surface area contributed by atoms with Gasteiger partial charge >= 0.3 is 0 Å². The van der Waals surface area contributed by atoms with E-state index in [0.29, 0.717) is 45.8 Å². The third-order valence-electron chi connectivity index (χ3n) is 4.48. The van der Waals surface area contributed by atoms with Crippen molar-refractivity contribution in [2.75, 3.05) is 39.4 Å². The number of carbonyl (C=O) groups is 2. The molecule has 6 heteroatoms. The first-order chi connectivity index (χ1) is 11.7. The first kappa shape index (κ1) is 16.8. The van der Waals surface area contributed by atoms with E-state index in [0.717, 1.165) is 18.6 Å². The van der Waals surface area contributed by atoms with Crippen molar-refractivity contribution in [1.29, 1.82) is 0 Å². The summed E-state index contributed by atoms with van der Waals surface area (Å²) in [5.41, 5.74) is 0. The van der Waals surface area contributed by atoms with Crippen LogP contribution in [0.4, 0.5) is 0 Å². The maximum absolute atomic E-state index is 12.3. The standard InChI is InChI=1S/C18H24N2O4/c21-17(8-14-23-15-5-2-1-3-6-15)19-9-11-20(12-10-19)18(22)16-7-4-13-24-16/h1-3,5-6,16H,4,7-14H2. The van der Waals surface area contributed by atoms with E-state index in [1.807, 2.05) is 40.1 Å². The van der Waals surface area contributed by atoms with Crippen LogP contribution in [0.15, 0.2) is 30.3 Å². The van der Waals surface area contributed by atoms with Crippen LogP contribution in [0.25, 0.3) is 0 Å². The second kappa shape index (κ2) is 8.15. The summed E-state index contributed by atoms with van der Waals surface area (Å²) in [5, 5.41) is 0. The molecule has 1 aromatic rings. The number of piperazine rings is 1. The quantitative estimate of drug-likeness (QED) is 0.816. The highest BCUT2D eigenvalue weighted by atomic mass is 16.5. The van der Waals surface area contributed by atoms with Crippen molar-refractivity contribution in [3.63, 3.8) is 0 Å². The number of ether oxygens (including phenoxy) is 2. The molecule has 0 spiro atoms. The molecule has 0 bridgehead atoms. The van der Waals surface area contributed by atoms with E-state index in [9.17, 15) is 9.59 Å². The predicted octanol–water partition coefficient (Wildman–Crippen LogP) is 1.31. The van der Waals surface area contributed by atoms with Crippen LogP contribution in [-0.2, 0) is 14.3 Å². The average Bonchev–Trinajstić information content (AvgIpc) is 3.17. The number of para-hydroxylation sites is 1. The molecule has 1 atom stereocenters. The largest absolute Gasteiger partial charge is 0.493 e. The molecule has 1 aromatic carbocycles. The van der Waals surface area contributed by atoms with Crippen molar-refractivity contribution >= 4 is 11.8 Å². The Morgan fingerprint density at radius 3 is 2.46 bits per heavy atom. The fourth-order valence-corrected chi connectivity index (χ4v) is 3.08. The van der Waals surface area contributed by atoms with Crippen molar-refractivity contribution in [3.05, 3.63) is 30.3 Å². The van der Waals surface area contributed by atoms with Gasteiger partial charge in [0.05, 0.1) is 13.0 Å². The fraction of sp³-hybridized carbons (Fsp3) is 0.556. The molecule has 0 N–H and O–H groups in total. The van der Waals surface area contributed by atoms with Crippen LogP contribution >= 0.6 is 0 Å². The number of hydrogen-bond donors (Lipinski definition) is 0. The van der Waals surface area contributed by atoms with E-state index in [1.54, 1.807) is 0 Å². The van der Waals surface area contributed by atoms with Gasteiger partial charge in [0.15, 0.2) is 0 Å². The Balaban J connectivity index is 1.38. The molecule has 0 aliphatic carbocycles. The second-order valence-corrected chi connectivity index (χ2v) is 6.12. The van der Waals surface area contributed by atoms with Crippen LogP contribution in [-0.4, -0.2) is 67.1 Å². The van der Waals surface area contributed by atoms with E-state index in [-0.39, 0.29) is 17.9 Å². The SMILES string of the molecule is O=C(CCOc1ccccc1)N1CCN(C(=O)C2CCCO2)CC1. The summed E-state index contributed by atoms with van der Waals surface area (Å²) < 4.78 is 11.0. The molecular formula is C18H24N2O4. The Hall–Kier alpha value is -2.08. The van der Waals surface area contributed by atoms with Crippen molar-refractivity contribution < 1.29 is 19.1 Å². The fourth-order valence-electron chi connectivity index (χ4n) is 3.08. The van der Waals surface area contributed by atoms with Gasteiger partial charge in [-0.1, -0.05) is 18.2 Å². The van der Waals surface area contributed by atoms with E-state index < -0.39 is 0 Å². The summed E-state index contributed by atoms with van der Waals surface area (Å²) in [7, 11) is 0. The number of amides is 2. The first-order valence-corrected chi connectivity index (χ1v) is 8.60. The Morgan fingerprint density at radius 2 is 1.79 bits per heavy atom. The molecule has 0 radical (unpaired) electrons. The van der Waals surface area contributed by atoms with E-state index in [4.69, 9.17) is 9.47 Å². The number of nitrogens with zero attached hydrogens (tertiary/aromatic N) is 2. The topological polar surface area (TPSA) is 59.1 Å². The Kier molecular flexibility index (Phi) is 5.69. The van der Waals surface area contributed by atoms with Gasteiger partial charge < -0.3 is 19.3 Å². The zero-order valence-corrected chi connectivity index (χ0v) is 13.9. The van der Waals surface area contributed by atoms with E-state index in [1.165, 1.54) is 0 Å². The molecule has 0 saturated carbocycles. The van der Waals surface area contributed by atoms with E-state index in [2.05, 4.69) is 0 Å². The zero-order chi connectivity index (χ0) is 16.8. The van der Waals surface area contributed by atoms with Crippen LogP contribution in [0.5, 0.6) is 5.75 Å². The lowest BCUT2D eigenvalue weighted by atomic mass is 10.2. The molecule has 130 valence electrons. The number of carbonyl (C=O) groups excluding carboxylic acids is 2. The third-order valence-corrected chi connectivity index (χ3v) is 4.48. The van der Waals surface area contributed by atoms with Gasteiger partial charge in [-0.15, -0.1) is 0 Å². The van der Waals surface area contributed by atoms with Crippen molar-refractivity contribution in [1.82, 2.24) is 9.80 Å². The summed E-state index contributed by atoms with van der Waals surface area (Å²) in [6, 6.07) is 9.48. The van der Waals surface area contributed by atoms with Gasteiger partial charge in [0.1, 0.15) is 11.9 Å². The molecule has 2 fully saturated rings. The lowest BCUT2D eigenvalue weighted by molar-refractivity contribution is -0.146. The zero-order valence-electron chi connectivity index (χ0n) is 13.9. The molecule has 2 aliphatic rings. The number of benzene rings is 1. The second-order valence-electron chi connectivity index (χ2n) is 6.12. The smallest absolute Gasteiger partial charge is 0.251 e. The van der Waals surface area contributed by atoms with Crippen LogP contribution in [0.1, 0.15) is 19.3 Å². The highest BCUT2D eigenvalue weighted by molar-refractivity contribution is 5.82. The summed E-state index contributed by atoms with van der Waals surface area (Å²) in [4.78, 5) is 28.2. The van der Waals surface area contributed by atoms with Crippen molar-refractivity contribution in [3.8, 4) is 5.75 Å². The van der Waals surface area contributed by atoms with Crippen LogP contribution in [0.3, 0.4) is 0 Å². The molecular weight excluding hydrogens is 308 g/mol. The maximum atomic E-state index is 12.3. The van der Waals surface area contributed by atoms with Gasteiger partial charge in [-0.25, -0.2) is 0 Å². The molecule has 2 saturated heterocycles. The summed E-state index contributed by atoms with van der Waals surface area (Å²) in [6.07, 6.45) is 1.85. The molecule has 3 rings (SSSR count). The summed E-state index contributed by atoms with van der Waals surface area (Å²) in [6.45, 7) is 3.40. The van der Waals surface area contributed by atoms with Gasteiger partial charge in [-0.3, -0.25) is 9.59 Å². The third kappa shape index (κ3) is 4.26. The Morgan fingerprint density at radius 1 is 1.08 bits per heavy atom. The molecule has 2 heterocycles. The van der Waals surface area contributed by atoms with Gasteiger partial charge in [0.2, 0.25) is 5.91 Å². The summed E-state index contributed by atoms with van der Waals surface area (Å²) >= 11 is 0. The molecule has 2 amide bonds.